The number of nitrogens with zero attached hydrogens (tertiary/aromatic N) is 4. The molecule has 6 amide bonds. The summed E-state index contributed by atoms with van der Waals surface area (Å²) in [7, 11) is -2.67. The summed E-state index contributed by atoms with van der Waals surface area (Å²) in [4.78, 5) is 61.9. The number of hydrogen-bond acceptors (Lipinski definition) is 11. The number of methoxy groups -OCH3 is 2. The van der Waals surface area contributed by atoms with E-state index in [9.17, 15) is 36.0 Å². The van der Waals surface area contributed by atoms with Crippen LogP contribution in [-0.4, -0.2) is 83.6 Å². The monoisotopic (exact) mass is 994 g/mol. The minimum Gasteiger partial charge on any atom is -0.497 e. The first-order chi connectivity index (χ1) is 33.5. The number of aromatic nitrogens is 2. The zero-order chi connectivity index (χ0) is 50.3. The molecule has 0 radical (unpaired) electrons. The second kappa shape index (κ2) is 24.0. The van der Waals surface area contributed by atoms with Crippen molar-refractivity contribution in [2.24, 2.45) is 7.05 Å². The molecule has 5 aromatic carbocycles. The van der Waals surface area contributed by atoms with Crippen LogP contribution in [0.5, 0.6) is 11.5 Å². The van der Waals surface area contributed by atoms with Crippen LogP contribution in [0.1, 0.15) is 27.9 Å². The molecule has 22 heteroatoms. The Balaban J connectivity index is 1.16. The molecule has 0 bridgehead atoms. The summed E-state index contributed by atoms with van der Waals surface area (Å²) < 4.78 is 73.1. The van der Waals surface area contributed by atoms with Gasteiger partial charge in [0.05, 0.1) is 39.3 Å². The Bertz CT molecular complexity index is 2940. The van der Waals surface area contributed by atoms with Crippen molar-refractivity contribution in [2.75, 3.05) is 31.1 Å². The van der Waals surface area contributed by atoms with E-state index in [1.807, 2.05) is 15.5 Å². The summed E-state index contributed by atoms with van der Waals surface area (Å²) in [6.07, 6.45) is 3.01. The van der Waals surface area contributed by atoms with E-state index in [1.165, 1.54) is 36.5 Å². The van der Waals surface area contributed by atoms with Crippen molar-refractivity contribution in [3.63, 3.8) is 0 Å². The number of nitrogens with one attached hydrogen (secondary N) is 6. The minimum absolute atomic E-state index is 0.0226. The molecule has 20 nitrogen and oxygen atoms in total. The number of urea groups is 2. The van der Waals surface area contributed by atoms with E-state index in [0.29, 0.717) is 45.3 Å². The van der Waals surface area contributed by atoms with E-state index in [0.717, 1.165) is 5.56 Å². The first-order valence-corrected chi connectivity index (χ1v) is 24.6. The van der Waals surface area contributed by atoms with Crippen LogP contribution in [0.15, 0.2) is 146 Å². The van der Waals surface area contributed by atoms with Gasteiger partial charge in [-0.05, 0) is 70.8 Å². The highest BCUT2D eigenvalue weighted by Gasteiger charge is 2.30. The average molecular weight is 995 g/mol. The fourth-order valence-electron chi connectivity index (χ4n) is 7.13. The number of carbonyl (C=O) groups is 4. The first kappa shape index (κ1) is 51.6. The number of rotatable bonds is 22. The average Bonchev–Trinajstić information content (AvgIpc) is 3.78. The second-order valence-corrected chi connectivity index (χ2v) is 18.8. The third kappa shape index (κ3) is 15.1. The van der Waals surface area contributed by atoms with Crippen molar-refractivity contribution in [1.29, 1.82) is 0 Å². The zero-order valence-corrected chi connectivity index (χ0v) is 40.4. The van der Waals surface area contributed by atoms with Crippen LogP contribution < -0.4 is 48.8 Å². The van der Waals surface area contributed by atoms with Gasteiger partial charge in [0.15, 0.2) is 0 Å². The molecule has 2 atom stereocenters. The predicted octanol–water partition coefficient (Wildman–Crippen LogP) is 3.82. The van der Waals surface area contributed by atoms with Gasteiger partial charge in [0, 0.05) is 51.1 Å². The summed E-state index contributed by atoms with van der Waals surface area (Å²) in [5.41, 5.74) is 3.84. The lowest BCUT2D eigenvalue weighted by molar-refractivity contribution is -0.121. The molecule has 0 saturated carbocycles. The predicted molar refractivity (Wildman–Crippen MR) is 263 cm³/mol. The van der Waals surface area contributed by atoms with E-state index in [4.69, 9.17) is 9.47 Å². The van der Waals surface area contributed by atoms with Gasteiger partial charge in [0.25, 0.3) is 0 Å². The molecule has 6 rings (SSSR count). The number of anilines is 2. The molecular formula is C48H54N10O10S2. The number of benzene rings is 5. The highest BCUT2D eigenvalue weighted by molar-refractivity contribution is 7.88. The quantitative estimate of drug-likeness (QED) is 0.0571. The Hall–Kier alpha value is -7.79. The lowest BCUT2D eigenvalue weighted by Crippen LogP contribution is -2.54. The SMILES string of the molecule is COc1ccc(N(C)C(=O)C(Cc2ccccc2)NC(=O)NS(=O)(=O)NCc2cccc(CN(C(=O)[C@H](Cc3ccccc3)NC(=O)NS(=O)(=O)NCc3cncn3C)c3ccc(OC)cc3)c2)cc1. The summed E-state index contributed by atoms with van der Waals surface area (Å²) in [6, 6.07) is 33.0. The van der Waals surface area contributed by atoms with Gasteiger partial charge in [-0.25, -0.2) is 24.0 Å². The Morgan fingerprint density at radius 3 is 1.57 bits per heavy atom. The zero-order valence-electron chi connectivity index (χ0n) is 38.7. The number of carbonyl (C=O) groups excluding carboxylic acids is 4. The summed E-state index contributed by atoms with van der Waals surface area (Å²) >= 11 is 0. The van der Waals surface area contributed by atoms with Crippen LogP contribution in [0, 0.1) is 0 Å². The van der Waals surface area contributed by atoms with Crippen molar-refractivity contribution >= 4 is 55.7 Å². The van der Waals surface area contributed by atoms with Gasteiger partial charge in [0.2, 0.25) is 11.8 Å². The molecular weight excluding hydrogens is 941 g/mol. The largest absolute Gasteiger partial charge is 0.497 e. The Morgan fingerprint density at radius 1 is 0.600 bits per heavy atom. The molecule has 0 saturated heterocycles. The van der Waals surface area contributed by atoms with Crippen LogP contribution in [-0.2, 0) is 69.5 Å². The van der Waals surface area contributed by atoms with Gasteiger partial charge in [-0.1, -0.05) is 84.9 Å². The fourth-order valence-corrected chi connectivity index (χ4v) is 8.57. The van der Waals surface area contributed by atoms with Gasteiger partial charge >= 0.3 is 32.5 Å². The fraction of sp³-hybridized carbons (Fsp3) is 0.229. The molecule has 368 valence electrons. The van der Waals surface area contributed by atoms with Gasteiger partial charge in [0.1, 0.15) is 23.6 Å². The number of amides is 6. The lowest BCUT2D eigenvalue weighted by atomic mass is 10.0. The number of likely N-dealkylation sites (N-methyl/N-ethyl adjacent to an activating group) is 1. The van der Waals surface area contributed by atoms with E-state index in [1.54, 1.807) is 146 Å². The summed E-state index contributed by atoms with van der Waals surface area (Å²) in [5.74, 6) is -0.0162. The Kier molecular flexibility index (Phi) is 17.7. The highest BCUT2D eigenvalue weighted by atomic mass is 32.2. The van der Waals surface area contributed by atoms with Gasteiger partial charge in [-0.3, -0.25) is 9.59 Å². The molecule has 1 heterocycles. The number of ether oxygens (including phenoxy) is 2. The second-order valence-electron chi connectivity index (χ2n) is 15.8. The lowest BCUT2D eigenvalue weighted by Gasteiger charge is -2.29. The molecule has 6 N–H and O–H groups in total. The van der Waals surface area contributed by atoms with Crippen LogP contribution >= 0.6 is 0 Å². The van der Waals surface area contributed by atoms with Crippen LogP contribution in [0.4, 0.5) is 21.0 Å². The number of hydrogen-bond donors (Lipinski definition) is 6. The third-order valence-corrected chi connectivity index (χ3v) is 12.8. The highest BCUT2D eigenvalue weighted by Crippen LogP contribution is 2.24. The standard InChI is InChI=1S/C48H54N10O10S2/c1-56-33-49-30-40(56)31-51-70(65,66)55-48(62)53-44(28-35-14-9-6-10-15-35)46(60)58(39-20-24-42(68-4)25-21-39)32-37-17-11-16-36(26-37)29-50-69(63,64)54-47(61)52-43(27-34-12-7-5-8-13-34)45(59)57(2)38-18-22-41(67-3)23-19-38/h5-26,30,33,43-44,50-51H,27-29,31-32H2,1-4H3,(H2,52,54,61)(H2,53,55,62)/t43?,44-/m0/s1. The van der Waals surface area contributed by atoms with Crippen LogP contribution in [0.2, 0.25) is 0 Å². The van der Waals surface area contributed by atoms with Crippen molar-refractivity contribution in [2.45, 2.75) is 44.6 Å². The molecule has 0 fully saturated rings. The molecule has 0 aliphatic rings. The maximum atomic E-state index is 14.7. The van der Waals surface area contributed by atoms with Crippen LogP contribution in [0.3, 0.4) is 0 Å². The van der Waals surface area contributed by atoms with Crippen LogP contribution in [0.25, 0.3) is 0 Å². The van der Waals surface area contributed by atoms with Gasteiger partial charge in [-0.15, -0.1) is 0 Å². The van der Waals surface area contributed by atoms with Crippen molar-refractivity contribution in [1.82, 2.24) is 39.1 Å². The number of imidazole rings is 1. The molecule has 1 unspecified atom stereocenters. The van der Waals surface area contributed by atoms with Gasteiger partial charge in [-0.2, -0.15) is 26.3 Å². The van der Waals surface area contributed by atoms with Crippen molar-refractivity contribution in [3.05, 3.63) is 174 Å². The Morgan fingerprint density at radius 2 is 1.07 bits per heavy atom. The molecule has 0 spiro atoms. The third-order valence-electron chi connectivity index (χ3n) is 10.8. The molecule has 0 aliphatic carbocycles. The topological polar surface area (TPSA) is 251 Å². The Labute approximate surface area is 406 Å². The molecule has 70 heavy (non-hydrogen) atoms. The van der Waals surface area contributed by atoms with E-state index >= 15 is 0 Å². The maximum Gasteiger partial charge on any atom is 0.330 e. The number of aryl methyl sites for hydroxylation is 1. The van der Waals surface area contributed by atoms with E-state index in [2.05, 4.69) is 25.1 Å². The first-order valence-electron chi connectivity index (χ1n) is 21.6. The maximum absolute atomic E-state index is 14.7. The van der Waals surface area contributed by atoms with Crippen molar-refractivity contribution in [3.8, 4) is 11.5 Å². The smallest absolute Gasteiger partial charge is 0.330 e. The van der Waals surface area contributed by atoms with E-state index in [-0.39, 0.29) is 32.5 Å². The minimum atomic E-state index is -4.51. The van der Waals surface area contributed by atoms with E-state index < -0.39 is 56.4 Å². The summed E-state index contributed by atoms with van der Waals surface area (Å²) in [5, 5.41) is 5.07. The molecule has 1 aromatic heterocycles. The molecule has 6 aromatic rings. The van der Waals surface area contributed by atoms with Gasteiger partial charge < -0.3 is 34.5 Å². The van der Waals surface area contributed by atoms with Crippen molar-refractivity contribution < 1.29 is 45.5 Å². The normalized spacial score (nSPS) is 12.2. The molecule has 0 aliphatic heterocycles. The summed E-state index contributed by atoms with van der Waals surface area (Å²) in [6.45, 7) is -0.542.